The summed E-state index contributed by atoms with van der Waals surface area (Å²) in [6.45, 7) is 0. The number of fused-ring (bicyclic) bond motifs is 4. The third kappa shape index (κ3) is 6.70. The van der Waals surface area contributed by atoms with E-state index in [4.69, 9.17) is 27.9 Å². The topological polar surface area (TPSA) is 129 Å². The number of allylic oxidation sites excluding steroid dienone is 2. The van der Waals surface area contributed by atoms with Gasteiger partial charge >= 0.3 is 18.5 Å². The second-order valence-electron chi connectivity index (χ2n) is 15.1. The molecule has 0 radical (unpaired) electrons. The average Bonchev–Trinajstić information content (AvgIpc) is 3.58. The van der Waals surface area contributed by atoms with E-state index in [0.717, 1.165) is 0 Å². The molecular weight excluding hydrogens is 886 g/mol. The molecule has 21 heteroatoms. The Hall–Kier alpha value is -5.82. The number of carbonyl (C=O) groups is 4. The molecule has 1 saturated carbocycles. The highest BCUT2D eigenvalue weighted by molar-refractivity contribution is 6.33. The zero-order chi connectivity index (χ0) is 45.0. The van der Waals surface area contributed by atoms with Crippen LogP contribution in [-0.4, -0.2) is 45.8 Å². The van der Waals surface area contributed by atoms with Crippen molar-refractivity contribution in [2.24, 2.45) is 23.7 Å². The molecular formula is C41H27Cl2F9N4O6. The molecule has 10 nitrogen and oxygen atoms in total. The summed E-state index contributed by atoms with van der Waals surface area (Å²) in [5, 5.41) is 11.6. The summed E-state index contributed by atoms with van der Waals surface area (Å²) in [5.74, 6) is -12.3. The number of methoxy groups -OCH3 is 1. The van der Waals surface area contributed by atoms with Crippen LogP contribution >= 0.6 is 23.2 Å². The number of phenols is 1. The summed E-state index contributed by atoms with van der Waals surface area (Å²) >= 11 is 12.5. The summed E-state index contributed by atoms with van der Waals surface area (Å²) in [6.07, 6.45) is -14.4. The van der Waals surface area contributed by atoms with Gasteiger partial charge in [0.1, 0.15) is 11.5 Å². The normalized spacial score (nSPS) is 25.1. The molecule has 0 spiro atoms. The van der Waals surface area contributed by atoms with E-state index >= 15 is 4.79 Å². The number of halogens is 11. The molecule has 1 aromatic heterocycles. The average molecular weight is 914 g/mol. The van der Waals surface area contributed by atoms with Crippen LogP contribution in [-0.2, 0) is 43.1 Å². The number of alkyl halides is 9. The highest BCUT2D eigenvalue weighted by atomic mass is 35.5. The molecule has 3 heterocycles. The molecule has 4 aliphatic rings. The largest absolute Gasteiger partial charge is 0.508 e. The number of rotatable bonds is 6. The number of hydrogen-bond acceptors (Lipinski definition) is 8. The van der Waals surface area contributed by atoms with E-state index in [0.29, 0.717) is 17.3 Å². The van der Waals surface area contributed by atoms with Crippen LogP contribution in [0.15, 0.2) is 84.6 Å². The molecule has 4 aromatic rings. The van der Waals surface area contributed by atoms with Crippen LogP contribution in [0.1, 0.15) is 46.6 Å². The van der Waals surface area contributed by atoms with Crippen molar-refractivity contribution in [2.75, 3.05) is 17.4 Å². The van der Waals surface area contributed by atoms with Gasteiger partial charge in [0.25, 0.3) is 11.8 Å². The maximum absolute atomic E-state index is 15.3. The quantitative estimate of drug-likeness (QED) is 0.111. The zero-order valence-electron chi connectivity index (χ0n) is 31.3. The minimum Gasteiger partial charge on any atom is -0.508 e. The summed E-state index contributed by atoms with van der Waals surface area (Å²) in [7, 11) is 1.30. The van der Waals surface area contributed by atoms with E-state index in [1.54, 1.807) is 0 Å². The highest BCUT2D eigenvalue weighted by Gasteiger charge is 2.71. The summed E-state index contributed by atoms with van der Waals surface area (Å²) < 4.78 is 130. The smallest absolute Gasteiger partial charge is 0.417 e. The molecule has 2 N–H and O–H groups in total. The molecule has 2 saturated heterocycles. The van der Waals surface area contributed by atoms with Crippen LogP contribution in [0.5, 0.6) is 11.5 Å². The number of pyridine rings is 1. The minimum absolute atomic E-state index is 0.0336. The number of benzene rings is 3. The monoisotopic (exact) mass is 912 g/mol. The number of hydrogen-bond donors (Lipinski definition) is 2. The van der Waals surface area contributed by atoms with E-state index in [1.807, 2.05) is 0 Å². The van der Waals surface area contributed by atoms with E-state index in [1.165, 1.54) is 55.7 Å². The van der Waals surface area contributed by atoms with Gasteiger partial charge in [-0.2, -0.15) is 44.5 Å². The van der Waals surface area contributed by atoms with Gasteiger partial charge in [0.05, 0.1) is 57.7 Å². The van der Waals surface area contributed by atoms with E-state index < -0.39 is 123 Å². The molecule has 0 bridgehead atoms. The summed E-state index contributed by atoms with van der Waals surface area (Å²) in [4.78, 5) is 62.8. The van der Waals surface area contributed by atoms with Crippen molar-refractivity contribution >= 4 is 58.3 Å². The van der Waals surface area contributed by atoms with Gasteiger partial charge in [-0.15, -0.1) is 0 Å². The lowest BCUT2D eigenvalue weighted by Crippen LogP contribution is -2.53. The number of imide groups is 2. The van der Waals surface area contributed by atoms with Crippen molar-refractivity contribution in [1.82, 2.24) is 9.99 Å². The predicted octanol–water partition coefficient (Wildman–Crippen LogP) is 9.35. The Morgan fingerprint density at radius 1 is 0.790 bits per heavy atom. The standard InChI is InChI=1S/C41H27Cl2F9N4O6/c1-62-23-6-9-30(57)27(14-23)32-24-7-8-25-31(36(60)55(34(25)58)22-11-18(39(44,45)46)10-19(12-22)40(47,48)49)26(24)15-28-35(59)56(37(61)38(28,32)17-2-4-21(42)5-3-17)54-33-29(43)13-20(16-53-33)41(50,51)52/h2-7,9-14,16,25-26,28,31-32,57H,8,15H2,1H3,(H,53,54)/t25-,26+,28-,31-,32+,38+/m0/s1. The van der Waals surface area contributed by atoms with Gasteiger partial charge in [0, 0.05) is 22.7 Å². The fraction of sp³-hybridized carbons (Fsp3) is 0.293. The fourth-order valence-corrected chi connectivity index (χ4v) is 9.67. The third-order valence-corrected chi connectivity index (χ3v) is 12.5. The maximum Gasteiger partial charge on any atom is 0.417 e. The van der Waals surface area contributed by atoms with E-state index in [9.17, 15) is 59.0 Å². The Bertz CT molecular complexity index is 2570. The SMILES string of the molecule is COc1ccc(O)c([C@H]2C3=CC[C@@H]4C(=O)N(c5cc(C(F)(F)F)cc(C(F)(F)F)c5)C(=O)[C@@H]4[C@@H]3C[C@H]3C(=O)N(Nc4ncc(C(F)(F)F)cc4Cl)C(=O)[C@@]23c2ccc(Cl)cc2)c1. The lowest BCUT2D eigenvalue weighted by molar-refractivity contribution is -0.143. The number of aromatic nitrogens is 1. The van der Waals surface area contributed by atoms with Gasteiger partial charge in [-0.3, -0.25) is 24.6 Å². The second kappa shape index (κ2) is 14.6. The molecule has 8 rings (SSSR count). The molecule has 3 fully saturated rings. The zero-order valence-corrected chi connectivity index (χ0v) is 32.8. The van der Waals surface area contributed by atoms with Crippen molar-refractivity contribution in [3.8, 4) is 11.5 Å². The van der Waals surface area contributed by atoms with Crippen LogP contribution in [0.2, 0.25) is 10.0 Å². The molecule has 4 amide bonds. The van der Waals surface area contributed by atoms with Crippen molar-refractivity contribution in [1.29, 1.82) is 0 Å². The number of hydrazine groups is 1. The number of carbonyl (C=O) groups excluding carboxylic acids is 4. The van der Waals surface area contributed by atoms with Crippen LogP contribution in [0.3, 0.4) is 0 Å². The number of anilines is 2. The number of ether oxygens (including phenoxy) is 1. The summed E-state index contributed by atoms with van der Waals surface area (Å²) in [6, 6.07) is 10.5. The van der Waals surface area contributed by atoms with E-state index in [-0.39, 0.29) is 57.0 Å². The first kappa shape index (κ1) is 42.9. The Balaban J connectivity index is 1.31. The van der Waals surface area contributed by atoms with Crippen LogP contribution < -0.4 is 15.1 Å². The Labute approximate surface area is 353 Å². The van der Waals surface area contributed by atoms with Gasteiger partial charge in [-0.25, -0.2) is 9.88 Å². The van der Waals surface area contributed by atoms with Gasteiger partial charge in [-0.1, -0.05) is 47.0 Å². The first-order chi connectivity index (χ1) is 29.0. The lowest BCUT2D eigenvalue weighted by Gasteiger charge is -2.50. The van der Waals surface area contributed by atoms with Gasteiger partial charge in [-0.05, 0) is 78.9 Å². The number of nitrogens with one attached hydrogen (secondary N) is 1. The van der Waals surface area contributed by atoms with Crippen molar-refractivity contribution < 1.29 is 68.5 Å². The second-order valence-corrected chi connectivity index (χ2v) is 16.0. The number of aromatic hydroxyl groups is 1. The molecule has 62 heavy (non-hydrogen) atoms. The molecule has 0 unspecified atom stereocenters. The Kier molecular flexibility index (Phi) is 10.1. The Morgan fingerprint density at radius 3 is 2.00 bits per heavy atom. The minimum atomic E-state index is -5.32. The van der Waals surface area contributed by atoms with Gasteiger partial charge < -0.3 is 9.84 Å². The van der Waals surface area contributed by atoms with Crippen LogP contribution in [0.4, 0.5) is 51.0 Å². The van der Waals surface area contributed by atoms with Crippen molar-refractivity contribution in [2.45, 2.75) is 42.7 Å². The van der Waals surface area contributed by atoms with Crippen LogP contribution in [0, 0.1) is 23.7 Å². The van der Waals surface area contributed by atoms with Gasteiger partial charge in [0.2, 0.25) is 11.8 Å². The first-order valence-corrected chi connectivity index (χ1v) is 19.1. The van der Waals surface area contributed by atoms with Gasteiger partial charge in [0.15, 0.2) is 5.82 Å². The molecule has 2 aliphatic heterocycles. The van der Waals surface area contributed by atoms with Crippen LogP contribution in [0.25, 0.3) is 0 Å². The first-order valence-electron chi connectivity index (χ1n) is 18.4. The lowest BCUT2D eigenvalue weighted by atomic mass is 9.49. The predicted molar refractivity (Wildman–Crippen MR) is 200 cm³/mol. The van der Waals surface area contributed by atoms with E-state index in [2.05, 4.69) is 10.4 Å². The number of amides is 4. The molecule has 2 aliphatic carbocycles. The molecule has 3 aromatic carbocycles. The van der Waals surface area contributed by atoms with Crippen molar-refractivity contribution in [3.05, 3.63) is 122 Å². The van der Waals surface area contributed by atoms with Crippen molar-refractivity contribution in [3.63, 3.8) is 0 Å². The highest BCUT2D eigenvalue weighted by Crippen LogP contribution is 2.65. The molecule has 324 valence electrons. The number of nitrogens with zero attached hydrogens (tertiary/aromatic N) is 3. The summed E-state index contributed by atoms with van der Waals surface area (Å²) in [5.41, 5.74) is -5.14. The molecule has 6 atom stereocenters. The number of phenolic OH excluding ortho intramolecular Hbond substituents is 1. The fourth-order valence-electron chi connectivity index (χ4n) is 9.34. The third-order valence-electron chi connectivity index (χ3n) is 11.9. The Morgan fingerprint density at radius 2 is 1.42 bits per heavy atom. The maximum atomic E-state index is 15.3.